The molecule has 8 heteroatoms. The predicted octanol–water partition coefficient (Wildman–Crippen LogP) is 3.95. The van der Waals surface area contributed by atoms with Gasteiger partial charge in [0.25, 0.3) is 11.5 Å². The van der Waals surface area contributed by atoms with Gasteiger partial charge in [0.05, 0.1) is 17.0 Å². The lowest BCUT2D eigenvalue weighted by atomic mass is 10.0. The lowest BCUT2D eigenvalue weighted by Gasteiger charge is -2.19. The number of thiophene rings is 1. The van der Waals surface area contributed by atoms with E-state index in [1.807, 2.05) is 29.6 Å². The SMILES string of the molecule is CCCc1ccc(C(NC(=O)c2cnc3c(c2)c(=O)[nH]c(=O)n3C2CC2)c2cccs2)cc1. The topological polar surface area (TPSA) is 96.8 Å². The average Bonchev–Trinajstić information content (AvgIpc) is 3.50. The van der Waals surface area contributed by atoms with Crippen molar-refractivity contribution >= 4 is 28.3 Å². The van der Waals surface area contributed by atoms with Crippen LogP contribution in [0.4, 0.5) is 0 Å². The number of aryl methyl sites for hydroxylation is 1. The van der Waals surface area contributed by atoms with Gasteiger partial charge in [0.2, 0.25) is 0 Å². The molecule has 1 aromatic carbocycles. The van der Waals surface area contributed by atoms with Gasteiger partial charge in [0.15, 0.2) is 0 Å². The maximum atomic E-state index is 13.2. The van der Waals surface area contributed by atoms with Gasteiger partial charge in [-0.15, -0.1) is 11.3 Å². The Morgan fingerprint density at radius 3 is 2.70 bits per heavy atom. The van der Waals surface area contributed by atoms with E-state index < -0.39 is 11.2 Å². The Labute approximate surface area is 194 Å². The molecule has 0 bridgehead atoms. The van der Waals surface area contributed by atoms with Crippen molar-refractivity contribution in [1.82, 2.24) is 19.9 Å². The van der Waals surface area contributed by atoms with Crippen LogP contribution < -0.4 is 16.6 Å². The van der Waals surface area contributed by atoms with E-state index in [-0.39, 0.29) is 28.9 Å². The van der Waals surface area contributed by atoms with Crippen LogP contribution in [0.5, 0.6) is 0 Å². The number of rotatable bonds is 7. The summed E-state index contributed by atoms with van der Waals surface area (Å²) < 4.78 is 1.52. The molecule has 3 aromatic heterocycles. The maximum Gasteiger partial charge on any atom is 0.330 e. The first-order valence-corrected chi connectivity index (χ1v) is 12.0. The molecule has 4 aromatic rings. The molecular formula is C25H24N4O3S. The lowest BCUT2D eigenvalue weighted by Crippen LogP contribution is -2.32. The number of nitrogens with zero attached hydrogens (tertiary/aromatic N) is 2. The molecule has 1 aliphatic rings. The molecule has 33 heavy (non-hydrogen) atoms. The van der Waals surface area contributed by atoms with E-state index in [0.29, 0.717) is 5.65 Å². The zero-order valence-electron chi connectivity index (χ0n) is 18.2. The van der Waals surface area contributed by atoms with Gasteiger partial charge in [0, 0.05) is 17.1 Å². The molecule has 2 N–H and O–H groups in total. The fourth-order valence-electron chi connectivity index (χ4n) is 4.09. The summed E-state index contributed by atoms with van der Waals surface area (Å²) in [6.45, 7) is 2.15. The van der Waals surface area contributed by atoms with Gasteiger partial charge in [-0.1, -0.05) is 43.7 Å². The predicted molar refractivity (Wildman–Crippen MR) is 129 cm³/mol. The molecule has 1 atom stereocenters. The number of aromatic amines is 1. The smallest absolute Gasteiger partial charge is 0.330 e. The number of H-pyrrole nitrogens is 1. The molecule has 0 radical (unpaired) electrons. The van der Waals surface area contributed by atoms with Crippen LogP contribution in [0.25, 0.3) is 11.0 Å². The van der Waals surface area contributed by atoms with Crippen molar-refractivity contribution in [2.45, 2.75) is 44.7 Å². The van der Waals surface area contributed by atoms with E-state index in [9.17, 15) is 14.4 Å². The summed E-state index contributed by atoms with van der Waals surface area (Å²) >= 11 is 1.57. The van der Waals surface area contributed by atoms with Crippen LogP contribution in [0, 0.1) is 0 Å². The highest BCUT2D eigenvalue weighted by Crippen LogP contribution is 2.34. The molecule has 7 nitrogen and oxygen atoms in total. The van der Waals surface area contributed by atoms with E-state index in [0.717, 1.165) is 36.1 Å². The Morgan fingerprint density at radius 1 is 1.24 bits per heavy atom. The van der Waals surface area contributed by atoms with Crippen molar-refractivity contribution in [2.75, 3.05) is 0 Å². The molecule has 3 heterocycles. The molecule has 1 fully saturated rings. The number of hydrogen-bond donors (Lipinski definition) is 2. The van der Waals surface area contributed by atoms with Crippen molar-refractivity contribution in [3.05, 3.63) is 96.4 Å². The highest BCUT2D eigenvalue weighted by molar-refractivity contribution is 7.10. The molecule has 0 aliphatic heterocycles. The van der Waals surface area contributed by atoms with Crippen LogP contribution in [0.3, 0.4) is 0 Å². The van der Waals surface area contributed by atoms with Crippen molar-refractivity contribution < 1.29 is 4.79 Å². The summed E-state index contributed by atoms with van der Waals surface area (Å²) in [5.74, 6) is -0.330. The average molecular weight is 461 g/mol. The molecule has 5 rings (SSSR count). The number of carbonyl (C=O) groups is 1. The van der Waals surface area contributed by atoms with Gasteiger partial charge in [-0.25, -0.2) is 9.78 Å². The van der Waals surface area contributed by atoms with Crippen LogP contribution in [0.2, 0.25) is 0 Å². The minimum Gasteiger partial charge on any atom is -0.340 e. The highest BCUT2D eigenvalue weighted by atomic mass is 32.1. The summed E-state index contributed by atoms with van der Waals surface area (Å²) in [4.78, 5) is 45.6. The summed E-state index contributed by atoms with van der Waals surface area (Å²) in [6.07, 6.45) is 5.28. The second-order valence-electron chi connectivity index (χ2n) is 8.37. The zero-order chi connectivity index (χ0) is 22.9. The Hall–Kier alpha value is -3.52. The van der Waals surface area contributed by atoms with Crippen LogP contribution in [-0.2, 0) is 6.42 Å². The largest absolute Gasteiger partial charge is 0.340 e. The molecule has 0 saturated heterocycles. The van der Waals surface area contributed by atoms with Gasteiger partial charge >= 0.3 is 5.69 Å². The first-order valence-electron chi connectivity index (χ1n) is 11.1. The third-order valence-electron chi connectivity index (χ3n) is 5.91. The first-order chi connectivity index (χ1) is 16.0. The Morgan fingerprint density at radius 2 is 2.03 bits per heavy atom. The molecule has 1 unspecified atom stereocenters. The van der Waals surface area contributed by atoms with Gasteiger partial charge < -0.3 is 5.32 Å². The molecule has 0 spiro atoms. The fourth-order valence-corrected chi connectivity index (χ4v) is 4.89. The Bertz CT molecular complexity index is 1420. The van der Waals surface area contributed by atoms with Crippen molar-refractivity contribution in [3.63, 3.8) is 0 Å². The minimum absolute atomic E-state index is 0.0583. The number of benzene rings is 1. The summed E-state index contributed by atoms with van der Waals surface area (Å²) in [7, 11) is 0. The number of nitrogens with one attached hydrogen (secondary N) is 2. The van der Waals surface area contributed by atoms with Crippen molar-refractivity contribution in [1.29, 1.82) is 0 Å². The number of fused-ring (bicyclic) bond motifs is 1. The normalized spacial score (nSPS) is 14.3. The molecule has 1 saturated carbocycles. The van der Waals surface area contributed by atoms with E-state index in [1.165, 1.54) is 22.4 Å². The van der Waals surface area contributed by atoms with Gasteiger partial charge in [-0.05, 0) is 47.9 Å². The van der Waals surface area contributed by atoms with Gasteiger partial charge in [0.1, 0.15) is 5.65 Å². The number of hydrogen-bond acceptors (Lipinski definition) is 5. The molecule has 168 valence electrons. The minimum atomic E-state index is -0.532. The monoisotopic (exact) mass is 460 g/mol. The number of amides is 1. The molecule has 1 aliphatic carbocycles. The summed E-state index contributed by atoms with van der Waals surface area (Å²) in [5, 5.41) is 5.32. The quantitative estimate of drug-likeness (QED) is 0.436. The van der Waals surface area contributed by atoms with E-state index in [4.69, 9.17) is 0 Å². The van der Waals surface area contributed by atoms with Gasteiger partial charge in [-0.2, -0.15) is 0 Å². The lowest BCUT2D eigenvalue weighted by molar-refractivity contribution is 0.0943. The Balaban J connectivity index is 1.48. The molecular weight excluding hydrogens is 436 g/mol. The second kappa shape index (κ2) is 8.78. The van der Waals surface area contributed by atoms with Crippen LogP contribution in [0.1, 0.15) is 64.6 Å². The number of carbonyl (C=O) groups excluding carboxylic acids is 1. The van der Waals surface area contributed by atoms with Crippen molar-refractivity contribution in [3.8, 4) is 0 Å². The third kappa shape index (κ3) is 4.26. The standard InChI is InChI=1S/C25H24N4O3S/c1-2-4-15-6-8-16(9-7-15)21(20-5-3-12-33-20)27-23(30)17-13-19-22(26-14-17)29(18-10-11-18)25(32)28-24(19)31/h3,5-9,12-14,18,21H,2,4,10-11H2,1H3,(H,27,30)(H,28,31,32). The van der Waals surface area contributed by atoms with E-state index >= 15 is 0 Å². The third-order valence-corrected chi connectivity index (χ3v) is 6.84. The van der Waals surface area contributed by atoms with Crippen LogP contribution in [-0.4, -0.2) is 20.4 Å². The van der Waals surface area contributed by atoms with E-state index in [1.54, 1.807) is 11.3 Å². The van der Waals surface area contributed by atoms with E-state index in [2.05, 4.69) is 34.3 Å². The number of aromatic nitrogens is 3. The van der Waals surface area contributed by atoms with Crippen LogP contribution in [0.15, 0.2) is 63.6 Å². The zero-order valence-corrected chi connectivity index (χ0v) is 19.0. The first kappa shape index (κ1) is 21.3. The molecule has 1 amide bonds. The number of pyridine rings is 1. The van der Waals surface area contributed by atoms with Crippen molar-refractivity contribution in [2.24, 2.45) is 0 Å². The van der Waals surface area contributed by atoms with Crippen LogP contribution >= 0.6 is 11.3 Å². The van der Waals surface area contributed by atoms with Gasteiger partial charge in [-0.3, -0.25) is 19.1 Å². The summed E-state index contributed by atoms with van der Waals surface area (Å²) in [5.41, 5.74) is 1.86. The highest BCUT2D eigenvalue weighted by Gasteiger charge is 2.28. The second-order valence-corrected chi connectivity index (χ2v) is 9.35. The Kier molecular flexibility index (Phi) is 5.68. The maximum absolute atomic E-state index is 13.2. The fraction of sp³-hybridized carbons (Fsp3) is 0.280. The summed E-state index contributed by atoms with van der Waals surface area (Å²) in [6, 6.07) is 13.5.